The number of benzene rings is 3. The van der Waals surface area contributed by atoms with E-state index < -0.39 is 22.8 Å². The van der Waals surface area contributed by atoms with Crippen LogP contribution in [-0.2, 0) is 9.59 Å². The van der Waals surface area contributed by atoms with Gasteiger partial charge in [-0.25, -0.2) is 5.43 Å². The number of nitrogens with zero attached hydrogens (tertiary/aromatic N) is 2. The number of non-ortho nitro benzene ring substituents is 1. The van der Waals surface area contributed by atoms with Crippen molar-refractivity contribution in [3.63, 3.8) is 0 Å². The molecule has 3 aromatic carbocycles. The number of nitrogens with one attached hydrogen (secondary N) is 2. The number of rotatable bonds is 10. The van der Waals surface area contributed by atoms with Gasteiger partial charge in [0.1, 0.15) is 6.04 Å². The maximum Gasteiger partial charge on any atom is 0.270 e. The van der Waals surface area contributed by atoms with Gasteiger partial charge in [0.15, 0.2) is 0 Å². The van der Waals surface area contributed by atoms with Crippen molar-refractivity contribution in [1.29, 1.82) is 0 Å². The molecular weight excluding hydrogens is 532 g/mol. The van der Waals surface area contributed by atoms with Gasteiger partial charge in [-0.2, -0.15) is 5.10 Å². The lowest BCUT2D eigenvalue weighted by Crippen LogP contribution is -2.50. The van der Waals surface area contributed by atoms with Crippen LogP contribution in [0.1, 0.15) is 36.5 Å². The van der Waals surface area contributed by atoms with Gasteiger partial charge in [0.25, 0.3) is 11.6 Å². The van der Waals surface area contributed by atoms with Crippen LogP contribution in [0.5, 0.6) is 0 Å². The Morgan fingerprint density at radius 2 is 1.55 bits per heavy atom. The summed E-state index contributed by atoms with van der Waals surface area (Å²) in [5.41, 5.74) is 5.26. The van der Waals surface area contributed by atoms with E-state index in [0.29, 0.717) is 21.7 Å². The summed E-state index contributed by atoms with van der Waals surface area (Å²) in [6.45, 7) is 3.65. The number of carbonyl (C=O) groups is 2. The lowest BCUT2D eigenvalue weighted by molar-refractivity contribution is -0.384. The summed E-state index contributed by atoms with van der Waals surface area (Å²) >= 11 is 6.27. The third-order valence-corrected chi connectivity index (χ3v) is 6.63. The van der Waals surface area contributed by atoms with Crippen molar-refractivity contribution in [3.8, 4) is 11.1 Å². The van der Waals surface area contributed by atoms with Gasteiger partial charge in [0.05, 0.1) is 29.6 Å². The Kier molecular flexibility index (Phi) is 9.08. The topological polar surface area (TPSA) is 127 Å². The largest absolute Gasteiger partial charge is 0.471 e. The van der Waals surface area contributed by atoms with Crippen molar-refractivity contribution in [2.24, 2.45) is 11.0 Å². The van der Waals surface area contributed by atoms with Crippen LogP contribution in [0.15, 0.2) is 101 Å². The molecule has 2 N–H and O–H groups in total. The quantitative estimate of drug-likeness (QED) is 0.142. The van der Waals surface area contributed by atoms with Crippen molar-refractivity contribution in [2.75, 3.05) is 0 Å². The summed E-state index contributed by atoms with van der Waals surface area (Å²) < 4.78 is 5.27. The molecule has 0 bridgehead atoms. The Morgan fingerprint density at radius 3 is 2.12 bits per heavy atom. The fourth-order valence-corrected chi connectivity index (χ4v) is 4.47. The highest BCUT2D eigenvalue weighted by Gasteiger charge is 2.29. The second-order valence-corrected chi connectivity index (χ2v) is 9.79. The Bertz CT molecular complexity index is 1480. The van der Waals surface area contributed by atoms with Gasteiger partial charge in [-0.15, -0.1) is 0 Å². The molecule has 40 heavy (non-hydrogen) atoms. The van der Waals surface area contributed by atoms with Crippen LogP contribution in [0.2, 0.25) is 5.02 Å². The SMILES string of the molecule is CC(C)[C@H](NC(=O)C(c1ccccc1)c1ccccc1)C(=O)N/N=C/c1cocc1-c1cc([N+](=O)[O-])ccc1Cl. The third kappa shape index (κ3) is 6.62. The molecule has 0 aliphatic heterocycles. The van der Waals surface area contributed by atoms with Gasteiger partial charge in [-0.1, -0.05) is 86.1 Å². The maximum atomic E-state index is 13.5. The average molecular weight is 559 g/mol. The summed E-state index contributed by atoms with van der Waals surface area (Å²) in [5.74, 6) is -1.65. The monoisotopic (exact) mass is 558 g/mol. The highest BCUT2D eigenvalue weighted by atomic mass is 35.5. The molecule has 0 aliphatic rings. The lowest BCUT2D eigenvalue weighted by atomic mass is 9.89. The first-order valence-corrected chi connectivity index (χ1v) is 12.9. The van der Waals surface area contributed by atoms with Crippen molar-refractivity contribution in [1.82, 2.24) is 10.7 Å². The van der Waals surface area contributed by atoms with Gasteiger partial charge in [-0.05, 0) is 23.1 Å². The molecule has 1 aromatic heterocycles. The van der Waals surface area contributed by atoms with E-state index in [4.69, 9.17) is 16.0 Å². The number of nitro groups is 1. The molecule has 2 amide bonds. The molecule has 0 unspecified atom stereocenters. The zero-order valence-corrected chi connectivity index (χ0v) is 22.5. The van der Waals surface area contributed by atoms with Gasteiger partial charge in [0.2, 0.25) is 5.91 Å². The first-order chi connectivity index (χ1) is 19.3. The molecule has 4 rings (SSSR count). The number of hydrogen-bond donors (Lipinski definition) is 2. The first-order valence-electron chi connectivity index (χ1n) is 12.5. The molecule has 0 fully saturated rings. The van der Waals surface area contributed by atoms with Gasteiger partial charge in [-0.3, -0.25) is 19.7 Å². The van der Waals surface area contributed by atoms with E-state index in [0.717, 1.165) is 11.1 Å². The summed E-state index contributed by atoms with van der Waals surface area (Å²) in [6.07, 6.45) is 4.12. The molecule has 0 saturated carbocycles. The van der Waals surface area contributed by atoms with E-state index in [9.17, 15) is 19.7 Å². The first kappa shape index (κ1) is 28.3. The minimum Gasteiger partial charge on any atom is -0.471 e. The van der Waals surface area contributed by atoms with Crippen molar-refractivity contribution >= 4 is 35.3 Å². The molecule has 1 atom stereocenters. The Balaban J connectivity index is 1.51. The number of carbonyl (C=O) groups excluding carboxylic acids is 2. The Morgan fingerprint density at radius 1 is 0.925 bits per heavy atom. The van der Waals surface area contributed by atoms with Gasteiger partial charge >= 0.3 is 0 Å². The van der Waals surface area contributed by atoms with E-state index in [1.807, 2.05) is 74.5 Å². The summed E-state index contributed by atoms with van der Waals surface area (Å²) in [5, 5.41) is 18.4. The predicted octanol–water partition coefficient (Wildman–Crippen LogP) is 5.93. The Labute approximate surface area is 236 Å². The van der Waals surface area contributed by atoms with Gasteiger partial charge < -0.3 is 9.73 Å². The highest BCUT2D eigenvalue weighted by Crippen LogP contribution is 2.33. The molecular formula is C30H27ClN4O5. The number of hydrogen-bond acceptors (Lipinski definition) is 6. The second-order valence-electron chi connectivity index (χ2n) is 9.38. The van der Waals surface area contributed by atoms with Gasteiger partial charge in [0, 0.05) is 33.8 Å². The summed E-state index contributed by atoms with van der Waals surface area (Å²) in [4.78, 5) is 37.3. The molecule has 1 heterocycles. The van der Waals surface area contributed by atoms with Crippen molar-refractivity contribution in [3.05, 3.63) is 123 Å². The molecule has 4 aromatic rings. The molecule has 0 radical (unpaired) electrons. The number of furan rings is 1. The van der Waals surface area contributed by atoms with E-state index in [1.165, 1.54) is 36.9 Å². The fraction of sp³-hybridized carbons (Fsp3) is 0.167. The third-order valence-electron chi connectivity index (χ3n) is 6.30. The normalized spacial score (nSPS) is 12.0. The molecule has 10 heteroatoms. The van der Waals surface area contributed by atoms with Crippen LogP contribution >= 0.6 is 11.6 Å². The average Bonchev–Trinajstić information content (AvgIpc) is 3.41. The van der Waals surface area contributed by atoms with Crippen molar-refractivity contribution < 1.29 is 18.9 Å². The van der Waals surface area contributed by atoms with Crippen molar-refractivity contribution in [2.45, 2.75) is 25.8 Å². The van der Waals surface area contributed by atoms with Crippen LogP contribution in [0.4, 0.5) is 5.69 Å². The van der Waals surface area contributed by atoms with E-state index >= 15 is 0 Å². The van der Waals surface area contributed by atoms with Crippen LogP contribution in [-0.4, -0.2) is 29.0 Å². The zero-order valence-electron chi connectivity index (χ0n) is 21.8. The van der Waals surface area contributed by atoms with Crippen LogP contribution in [0.3, 0.4) is 0 Å². The molecule has 0 spiro atoms. The fourth-order valence-electron chi connectivity index (χ4n) is 4.25. The lowest BCUT2D eigenvalue weighted by Gasteiger charge is -2.24. The van der Waals surface area contributed by atoms with E-state index in [1.54, 1.807) is 0 Å². The maximum absolute atomic E-state index is 13.5. The molecule has 204 valence electrons. The van der Waals surface area contributed by atoms with Crippen LogP contribution in [0, 0.1) is 16.0 Å². The highest BCUT2D eigenvalue weighted by molar-refractivity contribution is 6.33. The Hall–Kier alpha value is -4.76. The molecule has 0 aliphatic carbocycles. The number of nitro benzene ring substituents is 1. The molecule has 9 nitrogen and oxygen atoms in total. The summed E-state index contributed by atoms with van der Waals surface area (Å²) in [7, 11) is 0. The minimum absolute atomic E-state index is 0.128. The standard InChI is InChI=1S/C30H27ClN4O5/c1-19(2)28(33-29(36)27(20-9-5-3-6-10-20)21-11-7-4-8-12-21)30(37)34-32-16-22-17-40-18-25(22)24-15-23(35(38)39)13-14-26(24)31/h3-19,27-28H,1-2H3,(H,33,36)(H,34,37)/b32-16+/t28-/m0/s1. The summed E-state index contributed by atoms with van der Waals surface area (Å²) in [6, 6.07) is 21.9. The van der Waals surface area contributed by atoms with E-state index in [-0.39, 0.29) is 17.5 Å². The minimum atomic E-state index is -0.866. The number of amides is 2. The number of halogens is 1. The smallest absolute Gasteiger partial charge is 0.270 e. The van der Waals surface area contributed by atoms with Crippen LogP contribution < -0.4 is 10.7 Å². The predicted molar refractivity (Wildman–Crippen MR) is 153 cm³/mol. The second kappa shape index (κ2) is 12.9. The van der Waals surface area contributed by atoms with Crippen LogP contribution in [0.25, 0.3) is 11.1 Å². The molecule has 0 saturated heterocycles. The van der Waals surface area contributed by atoms with E-state index in [2.05, 4.69) is 15.8 Å². The number of hydrazone groups is 1. The zero-order chi connectivity index (χ0) is 28.6.